The average molecular weight is 254 g/mol. The summed E-state index contributed by atoms with van der Waals surface area (Å²) in [6, 6.07) is 0. The molecule has 1 atom stereocenters. The monoisotopic (exact) mass is 254 g/mol. The third-order valence-electron chi connectivity index (χ3n) is 2.63. The normalized spacial score (nSPS) is 20.1. The van der Waals surface area contributed by atoms with E-state index in [0.717, 1.165) is 0 Å². The number of H-pyrrole nitrogens is 1. The smallest absolute Gasteiger partial charge is 0.291 e. The lowest BCUT2D eigenvalue weighted by Crippen LogP contribution is -2.40. The molecule has 1 aromatic heterocycles. The molecule has 1 aliphatic rings. The highest BCUT2D eigenvalue weighted by atomic mass is 16.6. The first-order chi connectivity index (χ1) is 8.66. The number of ether oxygens (including phenoxy) is 2. The lowest BCUT2D eigenvalue weighted by atomic mass is 10.2. The first kappa shape index (κ1) is 13.0. The lowest BCUT2D eigenvalue weighted by Gasteiger charge is -2.22. The number of carbonyl (C=O) groups is 1. The first-order valence-electron chi connectivity index (χ1n) is 6.06. The zero-order valence-electron chi connectivity index (χ0n) is 10.6. The second-order valence-electron chi connectivity index (χ2n) is 4.48. The molecular formula is C11H18N4O3. The van der Waals surface area contributed by atoms with E-state index in [9.17, 15) is 4.79 Å². The van der Waals surface area contributed by atoms with Crippen molar-refractivity contribution in [3.05, 3.63) is 11.6 Å². The Morgan fingerprint density at radius 2 is 2.39 bits per heavy atom. The highest BCUT2D eigenvalue weighted by Crippen LogP contribution is 2.07. The molecule has 1 saturated heterocycles. The number of nitrogens with one attached hydrogen (secondary N) is 2. The van der Waals surface area contributed by atoms with E-state index in [0.29, 0.717) is 32.2 Å². The van der Waals surface area contributed by atoms with E-state index < -0.39 is 0 Å². The van der Waals surface area contributed by atoms with Crippen LogP contribution in [0.1, 0.15) is 36.2 Å². The zero-order valence-corrected chi connectivity index (χ0v) is 10.6. The number of nitrogens with zero attached hydrogens (tertiary/aromatic N) is 2. The maximum absolute atomic E-state index is 11.8. The number of aromatic amines is 1. The van der Waals surface area contributed by atoms with Crippen molar-refractivity contribution >= 4 is 5.91 Å². The van der Waals surface area contributed by atoms with Gasteiger partial charge in [0.05, 0.1) is 25.9 Å². The van der Waals surface area contributed by atoms with Crippen molar-refractivity contribution in [2.45, 2.75) is 25.9 Å². The van der Waals surface area contributed by atoms with Crippen molar-refractivity contribution in [1.82, 2.24) is 20.5 Å². The van der Waals surface area contributed by atoms with E-state index in [1.165, 1.54) is 0 Å². The summed E-state index contributed by atoms with van der Waals surface area (Å²) in [5.74, 6) is 0.786. The third-order valence-corrected chi connectivity index (χ3v) is 2.63. The van der Waals surface area contributed by atoms with Gasteiger partial charge in [0.15, 0.2) is 0 Å². The van der Waals surface area contributed by atoms with Gasteiger partial charge in [-0.1, -0.05) is 13.8 Å². The van der Waals surface area contributed by atoms with Gasteiger partial charge in [0.2, 0.25) is 5.82 Å². The molecule has 100 valence electrons. The van der Waals surface area contributed by atoms with Crippen LogP contribution in [0.15, 0.2) is 0 Å². The molecular weight excluding hydrogens is 236 g/mol. The van der Waals surface area contributed by atoms with Gasteiger partial charge >= 0.3 is 0 Å². The topological polar surface area (TPSA) is 89.1 Å². The molecule has 18 heavy (non-hydrogen) atoms. The van der Waals surface area contributed by atoms with Crippen LogP contribution >= 0.6 is 0 Å². The van der Waals surface area contributed by atoms with Gasteiger partial charge in [0, 0.05) is 12.5 Å². The molecule has 1 fully saturated rings. The summed E-state index contributed by atoms with van der Waals surface area (Å²) in [6.45, 7) is 6.06. The summed E-state index contributed by atoms with van der Waals surface area (Å²) in [5, 5.41) is 9.36. The summed E-state index contributed by atoms with van der Waals surface area (Å²) < 4.78 is 10.7. The van der Waals surface area contributed by atoms with Crippen LogP contribution in [-0.4, -0.2) is 53.6 Å². The maximum atomic E-state index is 11.8. The number of aromatic nitrogens is 3. The van der Waals surface area contributed by atoms with Crippen LogP contribution < -0.4 is 5.32 Å². The predicted molar refractivity (Wildman–Crippen MR) is 63.4 cm³/mol. The molecule has 0 radical (unpaired) electrons. The van der Waals surface area contributed by atoms with Gasteiger partial charge in [-0.25, -0.2) is 4.98 Å². The van der Waals surface area contributed by atoms with Crippen molar-refractivity contribution in [2.75, 3.05) is 26.4 Å². The summed E-state index contributed by atoms with van der Waals surface area (Å²) in [7, 11) is 0. The van der Waals surface area contributed by atoms with E-state index in [2.05, 4.69) is 20.5 Å². The molecule has 1 aliphatic heterocycles. The Kier molecular flexibility index (Phi) is 4.27. The summed E-state index contributed by atoms with van der Waals surface area (Å²) >= 11 is 0. The van der Waals surface area contributed by atoms with Crippen LogP contribution in [0.25, 0.3) is 0 Å². The number of rotatable bonds is 4. The highest BCUT2D eigenvalue weighted by molar-refractivity contribution is 5.90. The molecule has 0 bridgehead atoms. The second kappa shape index (κ2) is 5.92. The minimum absolute atomic E-state index is 0.0915. The molecule has 2 N–H and O–H groups in total. The Balaban J connectivity index is 1.83. The Labute approximate surface area is 105 Å². The van der Waals surface area contributed by atoms with Crippen LogP contribution in [0, 0.1) is 0 Å². The molecule has 1 aromatic rings. The fourth-order valence-electron chi connectivity index (χ4n) is 1.57. The lowest BCUT2D eigenvalue weighted by molar-refractivity contribution is -0.0855. The van der Waals surface area contributed by atoms with Gasteiger partial charge in [-0.15, -0.1) is 5.10 Å². The summed E-state index contributed by atoms with van der Waals surface area (Å²) in [5.41, 5.74) is 0. The van der Waals surface area contributed by atoms with Gasteiger partial charge in [-0.2, -0.15) is 0 Å². The van der Waals surface area contributed by atoms with E-state index >= 15 is 0 Å². The molecule has 1 amide bonds. The van der Waals surface area contributed by atoms with Crippen LogP contribution in [0.2, 0.25) is 0 Å². The number of hydrogen-bond donors (Lipinski definition) is 2. The minimum atomic E-state index is -0.299. The standard InChI is InChI=1S/C11H18N4O3/c1-7(2)9-13-10(15-14-9)11(16)12-5-8-6-17-3-4-18-8/h7-8H,3-6H2,1-2H3,(H,12,16)(H,13,14,15). The molecule has 2 heterocycles. The largest absolute Gasteiger partial charge is 0.376 e. The predicted octanol–water partition coefficient (Wildman–Crippen LogP) is 0.0733. The van der Waals surface area contributed by atoms with Crippen molar-refractivity contribution < 1.29 is 14.3 Å². The SMILES string of the molecule is CC(C)c1nc(C(=O)NCC2COCCO2)n[nH]1. The van der Waals surface area contributed by atoms with Crippen LogP contribution in [0.4, 0.5) is 0 Å². The summed E-state index contributed by atoms with van der Waals surface area (Å²) in [4.78, 5) is 15.9. The van der Waals surface area contributed by atoms with Gasteiger partial charge in [0.25, 0.3) is 5.91 Å². The minimum Gasteiger partial charge on any atom is -0.376 e. The number of amides is 1. The Morgan fingerprint density at radius 3 is 3.00 bits per heavy atom. The molecule has 7 nitrogen and oxygen atoms in total. The van der Waals surface area contributed by atoms with Crippen molar-refractivity contribution in [3.8, 4) is 0 Å². The van der Waals surface area contributed by atoms with E-state index in [4.69, 9.17) is 9.47 Å². The number of carbonyl (C=O) groups excluding carboxylic acids is 1. The molecule has 2 rings (SSSR count). The van der Waals surface area contributed by atoms with Crippen molar-refractivity contribution in [3.63, 3.8) is 0 Å². The molecule has 0 aromatic carbocycles. The van der Waals surface area contributed by atoms with Gasteiger partial charge < -0.3 is 14.8 Å². The van der Waals surface area contributed by atoms with Crippen LogP contribution in [0.3, 0.4) is 0 Å². The van der Waals surface area contributed by atoms with Crippen molar-refractivity contribution in [1.29, 1.82) is 0 Å². The Hall–Kier alpha value is -1.47. The molecule has 0 spiro atoms. The summed E-state index contributed by atoms with van der Waals surface area (Å²) in [6.07, 6.45) is -0.0915. The fourth-order valence-corrected chi connectivity index (χ4v) is 1.57. The van der Waals surface area contributed by atoms with E-state index in [1.54, 1.807) is 0 Å². The van der Waals surface area contributed by atoms with E-state index in [1.807, 2.05) is 13.8 Å². The Morgan fingerprint density at radius 1 is 1.56 bits per heavy atom. The Bertz CT molecular complexity index is 399. The number of hydrogen-bond acceptors (Lipinski definition) is 5. The second-order valence-corrected chi connectivity index (χ2v) is 4.48. The van der Waals surface area contributed by atoms with Gasteiger partial charge in [0.1, 0.15) is 5.82 Å². The van der Waals surface area contributed by atoms with Crippen molar-refractivity contribution in [2.24, 2.45) is 0 Å². The molecule has 7 heteroatoms. The zero-order chi connectivity index (χ0) is 13.0. The van der Waals surface area contributed by atoms with Gasteiger partial charge in [-0.05, 0) is 0 Å². The highest BCUT2D eigenvalue weighted by Gasteiger charge is 2.18. The maximum Gasteiger partial charge on any atom is 0.291 e. The van der Waals surface area contributed by atoms with Crippen LogP contribution in [0.5, 0.6) is 0 Å². The van der Waals surface area contributed by atoms with E-state index in [-0.39, 0.29) is 23.8 Å². The first-order valence-corrected chi connectivity index (χ1v) is 6.06. The molecule has 0 aliphatic carbocycles. The molecule has 0 saturated carbocycles. The molecule has 1 unspecified atom stereocenters. The quantitative estimate of drug-likeness (QED) is 0.794. The van der Waals surface area contributed by atoms with Gasteiger partial charge in [-0.3, -0.25) is 9.89 Å². The third kappa shape index (κ3) is 3.27. The fraction of sp³-hybridized carbons (Fsp3) is 0.727. The average Bonchev–Trinajstić information content (AvgIpc) is 2.87. The van der Waals surface area contributed by atoms with Crippen LogP contribution in [-0.2, 0) is 9.47 Å².